The maximum Gasteiger partial charge on any atom is 0.269 e. The van der Waals surface area contributed by atoms with Crippen molar-refractivity contribution in [3.63, 3.8) is 0 Å². The molecule has 1 aromatic carbocycles. The zero-order valence-electron chi connectivity index (χ0n) is 13.3. The first-order valence-electron chi connectivity index (χ1n) is 7.46. The van der Waals surface area contributed by atoms with Gasteiger partial charge < -0.3 is 14.4 Å². The highest BCUT2D eigenvalue weighted by Gasteiger charge is 2.14. The summed E-state index contributed by atoms with van der Waals surface area (Å²) in [5, 5.41) is 0.250. The first kappa shape index (κ1) is 17.9. The van der Waals surface area contributed by atoms with Crippen molar-refractivity contribution in [3.05, 3.63) is 51.8 Å². The molecule has 0 unspecified atom stereocenters. The third-order valence-corrected chi connectivity index (χ3v) is 4.58. The summed E-state index contributed by atoms with van der Waals surface area (Å²) in [5.74, 6) is 0. The third kappa shape index (κ3) is 3.71. The van der Waals surface area contributed by atoms with Gasteiger partial charge in [-0.05, 0) is 36.9 Å². The van der Waals surface area contributed by atoms with Gasteiger partial charge in [-0.1, -0.05) is 23.7 Å². The van der Waals surface area contributed by atoms with Crippen molar-refractivity contribution in [2.75, 3.05) is 38.1 Å². The van der Waals surface area contributed by atoms with Gasteiger partial charge in [-0.15, -0.1) is 12.4 Å². The van der Waals surface area contributed by atoms with Crippen LogP contribution in [0.25, 0.3) is 11.3 Å². The Morgan fingerprint density at radius 2 is 1.52 bits per heavy atom. The number of rotatable bonds is 2. The first-order chi connectivity index (χ1) is 10.6. The molecule has 3 rings (SSSR count). The molecule has 23 heavy (non-hydrogen) atoms. The van der Waals surface area contributed by atoms with Gasteiger partial charge in [-0.25, -0.2) is 0 Å². The quantitative estimate of drug-likeness (QED) is 0.830. The lowest BCUT2D eigenvalue weighted by Crippen LogP contribution is -2.44. The highest BCUT2D eigenvalue weighted by Crippen LogP contribution is 2.23. The van der Waals surface area contributed by atoms with Gasteiger partial charge in [-0.2, -0.15) is 0 Å². The van der Waals surface area contributed by atoms with Gasteiger partial charge in [0.1, 0.15) is 5.02 Å². The van der Waals surface area contributed by atoms with E-state index in [2.05, 4.69) is 41.1 Å². The van der Waals surface area contributed by atoms with E-state index in [1.807, 2.05) is 6.07 Å². The number of pyridine rings is 1. The smallest absolute Gasteiger partial charge is 0.269 e. The average Bonchev–Trinajstić information content (AvgIpc) is 2.54. The minimum atomic E-state index is -0.165. The van der Waals surface area contributed by atoms with E-state index >= 15 is 0 Å². The van der Waals surface area contributed by atoms with Gasteiger partial charge in [0.25, 0.3) is 5.56 Å². The van der Waals surface area contributed by atoms with Crippen LogP contribution in [-0.2, 0) is 7.05 Å². The number of anilines is 1. The number of hydrogen-bond acceptors (Lipinski definition) is 3. The minimum Gasteiger partial charge on any atom is -0.369 e. The van der Waals surface area contributed by atoms with Crippen LogP contribution >= 0.6 is 24.0 Å². The maximum atomic E-state index is 11.9. The summed E-state index contributed by atoms with van der Waals surface area (Å²) in [5.41, 5.74) is 2.96. The van der Waals surface area contributed by atoms with E-state index in [0.29, 0.717) is 0 Å². The largest absolute Gasteiger partial charge is 0.369 e. The first-order valence-corrected chi connectivity index (χ1v) is 7.83. The van der Waals surface area contributed by atoms with Crippen LogP contribution in [0.1, 0.15) is 0 Å². The number of nitrogens with zero attached hydrogens (tertiary/aromatic N) is 3. The van der Waals surface area contributed by atoms with Gasteiger partial charge in [0.15, 0.2) is 0 Å². The highest BCUT2D eigenvalue weighted by atomic mass is 35.5. The number of benzene rings is 1. The molecule has 2 aromatic rings. The lowest BCUT2D eigenvalue weighted by molar-refractivity contribution is 0.313. The van der Waals surface area contributed by atoms with Crippen molar-refractivity contribution in [2.45, 2.75) is 0 Å². The zero-order chi connectivity index (χ0) is 15.7. The van der Waals surface area contributed by atoms with Crippen LogP contribution < -0.4 is 10.5 Å². The van der Waals surface area contributed by atoms with Crippen LogP contribution in [-0.4, -0.2) is 42.7 Å². The van der Waals surface area contributed by atoms with Crippen LogP contribution in [0.15, 0.2) is 41.2 Å². The predicted octanol–water partition coefficient (Wildman–Crippen LogP) is 2.88. The Balaban J connectivity index is 0.00000192. The zero-order valence-corrected chi connectivity index (χ0v) is 14.9. The van der Waals surface area contributed by atoms with E-state index in [1.54, 1.807) is 17.7 Å². The molecule has 1 aliphatic heterocycles. The molecular formula is C17H21Cl2N3O. The summed E-state index contributed by atoms with van der Waals surface area (Å²) < 4.78 is 1.59. The molecule has 1 aliphatic rings. The number of aromatic nitrogens is 1. The molecule has 1 saturated heterocycles. The van der Waals surface area contributed by atoms with Crippen LogP contribution in [0.5, 0.6) is 0 Å². The van der Waals surface area contributed by atoms with Crippen molar-refractivity contribution in [1.82, 2.24) is 9.47 Å². The molecule has 124 valence electrons. The van der Waals surface area contributed by atoms with Gasteiger partial charge in [0.2, 0.25) is 0 Å². The minimum absolute atomic E-state index is 0. The second kappa shape index (κ2) is 7.39. The molecule has 0 N–H and O–H groups in total. The summed E-state index contributed by atoms with van der Waals surface area (Å²) in [6.45, 7) is 4.28. The average molecular weight is 354 g/mol. The number of likely N-dealkylation sites (N-methyl/N-ethyl adjacent to an activating group) is 1. The van der Waals surface area contributed by atoms with E-state index in [-0.39, 0.29) is 23.0 Å². The summed E-state index contributed by atoms with van der Waals surface area (Å²) in [4.78, 5) is 16.7. The Bertz CT molecular complexity index is 720. The van der Waals surface area contributed by atoms with Crippen molar-refractivity contribution >= 4 is 29.7 Å². The molecule has 1 aromatic heterocycles. The van der Waals surface area contributed by atoms with Gasteiger partial charge >= 0.3 is 0 Å². The number of hydrogen-bond donors (Lipinski definition) is 0. The molecule has 0 aliphatic carbocycles. The Kier molecular flexibility index (Phi) is 5.74. The van der Waals surface area contributed by atoms with E-state index < -0.39 is 0 Å². The number of piperazine rings is 1. The summed E-state index contributed by atoms with van der Waals surface area (Å²) in [6, 6.07) is 11.9. The monoisotopic (exact) mass is 353 g/mol. The van der Waals surface area contributed by atoms with Crippen molar-refractivity contribution in [2.24, 2.45) is 7.05 Å². The molecule has 1 fully saturated rings. The molecule has 0 atom stereocenters. The summed E-state index contributed by atoms with van der Waals surface area (Å²) in [7, 11) is 3.90. The summed E-state index contributed by atoms with van der Waals surface area (Å²) in [6.07, 6.45) is 0. The predicted molar refractivity (Wildman–Crippen MR) is 99.1 cm³/mol. The molecule has 0 radical (unpaired) electrons. The van der Waals surface area contributed by atoms with Crippen LogP contribution in [0.4, 0.5) is 5.69 Å². The molecule has 2 heterocycles. The van der Waals surface area contributed by atoms with E-state index in [0.717, 1.165) is 37.4 Å². The number of halogens is 2. The van der Waals surface area contributed by atoms with Gasteiger partial charge in [0, 0.05) is 38.9 Å². The Morgan fingerprint density at radius 3 is 2.13 bits per heavy atom. The highest BCUT2D eigenvalue weighted by molar-refractivity contribution is 6.30. The topological polar surface area (TPSA) is 28.5 Å². The van der Waals surface area contributed by atoms with Crippen molar-refractivity contribution < 1.29 is 0 Å². The van der Waals surface area contributed by atoms with Crippen molar-refractivity contribution in [3.8, 4) is 11.3 Å². The van der Waals surface area contributed by atoms with Crippen LogP contribution in [0, 0.1) is 0 Å². The lowest BCUT2D eigenvalue weighted by atomic mass is 10.1. The van der Waals surface area contributed by atoms with E-state index in [9.17, 15) is 4.79 Å². The second-order valence-electron chi connectivity index (χ2n) is 5.77. The lowest BCUT2D eigenvalue weighted by Gasteiger charge is -2.34. The molecule has 6 heteroatoms. The Morgan fingerprint density at radius 1 is 0.913 bits per heavy atom. The fourth-order valence-corrected chi connectivity index (χ4v) is 2.99. The fraction of sp³-hybridized carbons (Fsp3) is 0.353. The normalized spacial score (nSPS) is 15.3. The fourth-order valence-electron chi connectivity index (χ4n) is 2.80. The van der Waals surface area contributed by atoms with Gasteiger partial charge in [-0.3, -0.25) is 4.79 Å². The van der Waals surface area contributed by atoms with Gasteiger partial charge in [0.05, 0.1) is 5.69 Å². The standard InChI is InChI=1S/C17H20ClN3O.ClH/c1-19-9-11-21(12-10-19)14-5-3-13(4-6-14)16-8-7-15(18)17(22)20(16)2;/h3-8H,9-12H2,1-2H3;1H. The SMILES string of the molecule is CN1CCN(c2ccc(-c3ccc(Cl)c(=O)n3C)cc2)CC1.Cl. The molecule has 4 nitrogen and oxygen atoms in total. The van der Waals surface area contributed by atoms with E-state index in [1.165, 1.54) is 5.69 Å². The van der Waals surface area contributed by atoms with Crippen LogP contribution in [0.3, 0.4) is 0 Å². The maximum absolute atomic E-state index is 11.9. The summed E-state index contributed by atoms with van der Waals surface area (Å²) >= 11 is 5.87. The Labute approximate surface area is 147 Å². The molecular weight excluding hydrogens is 333 g/mol. The molecule has 0 bridgehead atoms. The molecule has 0 saturated carbocycles. The van der Waals surface area contributed by atoms with Crippen LogP contribution in [0.2, 0.25) is 5.02 Å². The van der Waals surface area contributed by atoms with Crippen molar-refractivity contribution in [1.29, 1.82) is 0 Å². The third-order valence-electron chi connectivity index (χ3n) is 4.29. The molecule has 0 amide bonds. The van der Waals surface area contributed by atoms with E-state index in [4.69, 9.17) is 11.6 Å². The molecule has 0 spiro atoms. The second-order valence-corrected chi connectivity index (χ2v) is 6.18. The Hall–Kier alpha value is -1.49.